The zero-order chi connectivity index (χ0) is 13.1. The number of nitrogens with one attached hydrogen (secondary N) is 1. The summed E-state index contributed by atoms with van der Waals surface area (Å²) in [4.78, 5) is 13.9. The predicted molar refractivity (Wildman–Crippen MR) is 76.6 cm³/mol. The van der Waals surface area contributed by atoms with Crippen molar-refractivity contribution >= 4 is 29.9 Å². The maximum absolute atomic E-state index is 13.8. The van der Waals surface area contributed by atoms with Gasteiger partial charge in [-0.05, 0) is 38.1 Å². The van der Waals surface area contributed by atoms with Gasteiger partial charge in [-0.2, -0.15) is 0 Å². The van der Waals surface area contributed by atoms with Gasteiger partial charge < -0.3 is 10.2 Å². The standard InChI is InChI=1S/C13H16ClFN2O.ClH/c1-16-7-9-5-6-17(8-9)13(18)10-3-2-4-11(14)12(10)15;/h2-4,9,16H,5-8H2,1H3;1H. The van der Waals surface area contributed by atoms with Crippen LogP contribution in [-0.4, -0.2) is 37.5 Å². The maximum Gasteiger partial charge on any atom is 0.256 e. The molecule has 0 spiro atoms. The van der Waals surface area contributed by atoms with Gasteiger partial charge in [-0.1, -0.05) is 17.7 Å². The van der Waals surface area contributed by atoms with Gasteiger partial charge in [0, 0.05) is 13.1 Å². The molecule has 1 saturated heterocycles. The molecule has 0 saturated carbocycles. The summed E-state index contributed by atoms with van der Waals surface area (Å²) in [5, 5.41) is 3.09. The predicted octanol–water partition coefficient (Wildman–Crippen LogP) is 2.58. The first-order chi connectivity index (χ1) is 8.63. The third-order valence-corrected chi connectivity index (χ3v) is 3.54. The number of carbonyl (C=O) groups excluding carboxylic acids is 1. The molecule has 1 atom stereocenters. The second-order valence-electron chi connectivity index (χ2n) is 4.56. The Hall–Kier alpha value is -0.840. The van der Waals surface area contributed by atoms with Crippen LogP contribution in [0.4, 0.5) is 4.39 Å². The minimum atomic E-state index is -0.624. The maximum atomic E-state index is 13.8. The lowest BCUT2D eigenvalue weighted by Gasteiger charge is -2.17. The number of hydrogen-bond acceptors (Lipinski definition) is 2. The smallest absolute Gasteiger partial charge is 0.256 e. The van der Waals surface area contributed by atoms with Gasteiger partial charge in [0.2, 0.25) is 0 Å². The average Bonchev–Trinajstić information content (AvgIpc) is 2.81. The summed E-state index contributed by atoms with van der Waals surface area (Å²) in [6.45, 7) is 2.23. The molecule has 1 aromatic rings. The van der Waals surface area contributed by atoms with E-state index in [0.717, 1.165) is 13.0 Å². The minimum Gasteiger partial charge on any atom is -0.338 e. The largest absolute Gasteiger partial charge is 0.338 e. The number of halogens is 3. The molecule has 106 valence electrons. The first-order valence-electron chi connectivity index (χ1n) is 6.01. The highest BCUT2D eigenvalue weighted by molar-refractivity contribution is 6.31. The first kappa shape index (κ1) is 16.2. The topological polar surface area (TPSA) is 32.3 Å². The fourth-order valence-electron chi connectivity index (χ4n) is 2.31. The van der Waals surface area contributed by atoms with Crippen molar-refractivity contribution in [2.75, 3.05) is 26.7 Å². The molecule has 1 amide bonds. The summed E-state index contributed by atoms with van der Waals surface area (Å²) in [7, 11) is 1.89. The van der Waals surface area contributed by atoms with Crippen LogP contribution in [0.2, 0.25) is 5.02 Å². The van der Waals surface area contributed by atoms with Gasteiger partial charge in [-0.15, -0.1) is 12.4 Å². The van der Waals surface area contributed by atoms with Crippen LogP contribution in [0.1, 0.15) is 16.8 Å². The molecule has 1 unspecified atom stereocenters. The van der Waals surface area contributed by atoms with Crippen molar-refractivity contribution in [3.8, 4) is 0 Å². The first-order valence-corrected chi connectivity index (χ1v) is 6.39. The van der Waals surface area contributed by atoms with Crippen LogP contribution >= 0.6 is 24.0 Å². The highest BCUT2D eigenvalue weighted by atomic mass is 35.5. The summed E-state index contributed by atoms with van der Waals surface area (Å²) >= 11 is 5.69. The number of benzene rings is 1. The van der Waals surface area contributed by atoms with Gasteiger partial charge in [0.1, 0.15) is 0 Å². The Labute approximate surface area is 123 Å². The zero-order valence-electron chi connectivity index (χ0n) is 10.7. The summed E-state index contributed by atoms with van der Waals surface area (Å²) in [5.41, 5.74) is 0.0626. The molecule has 0 aromatic heterocycles. The van der Waals surface area contributed by atoms with Gasteiger partial charge >= 0.3 is 0 Å². The van der Waals surface area contributed by atoms with Gasteiger partial charge in [-0.25, -0.2) is 4.39 Å². The average molecular weight is 307 g/mol. The van der Waals surface area contributed by atoms with Crippen molar-refractivity contribution in [1.29, 1.82) is 0 Å². The van der Waals surface area contributed by atoms with Crippen LogP contribution in [0.3, 0.4) is 0 Å². The van der Waals surface area contributed by atoms with Crippen LogP contribution in [0.15, 0.2) is 18.2 Å². The highest BCUT2D eigenvalue weighted by Crippen LogP contribution is 2.22. The number of rotatable bonds is 3. The molecule has 6 heteroatoms. The quantitative estimate of drug-likeness (QED) is 0.931. The molecule has 19 heavy (non-hydrogen) atoms. The van der Waals surface area contributed by atoms with Gasteiger partial charge in [0.05, 0.1) is 10.6 Å². The molecule has 1 fully saturated rings. The van der Waals surface area contributed by atoms with E-state index in [9.17, 15) is 9.18 Å². The monoisotopic (exact) mass is 306 g/mol. The lowest BCUT2D eigenvalue weighted by Crippen LogP contribution is -2.31. The molecule has 1 heterocycles. The van der Waals surface area contributed by atoms with E-state index in [2.05, 4.69) is 5.32 Å². The van der Waals surface area contributed by atoms with E-state index in [1.54, 1.807) is 11.0 Å². The van der Waals surface area contributed by atoms with E-state index in [1.165, 1.54) is 12.1 Å². The van der Waals surface area contributed by atoms with Crippen molar-refractivity contribution in [1.82, 2.24) is 10.2 Å². The third kappa shape index (κ3) is 3.59. The lowest BCUT2D eigenvalue weighted by molar-refractivity contribution is 0.0782. The van der Waals surface area contributed by atoms with Crippen molar-refractivity contribution in [2.45, 2.75) is 6.42 Å². The van der Waals surface area contributed by atoms with Crippen LogP contribution in [0.25, 0.3) is 0 Å². The molecule has 1 aliphatic heterocycles. The second kappa shape index (κ2) is 7.08. The molecular weight excluding hydrogens is 290 g/mol. The Balaban J connectivity index is 0.00000180. The molecule has 1 aromatic carbocycles. The van der Waals surface area contributed by atoms with E-state index in [1.807, 2.05) is 7.05 Å². The summed E-state index contributed by atoms with van der Waals surface area (Å²) in [6.07, 6.45) is 0.953. The molecule has 0 bridgehead atoms. The number of carbonyl (C=O) groups is 1. The SMILES string of the molecule is CNCC1CCN(C(=O)c2cccc(Cl)c2F)C1.Cl. The van der Waals surface area contributed by atoms with Crippen LogP contribution in [0.5, 0.6) is 0 Å². The summed E-state index contributed by atoms with van der Waals surface area (Å²) in [5.74, 6) is -0.448. The molecule has 2 rings (SSSR count). The zero-order valence-corrected chi connectivity index (χ0v) is 12.2. The summed E-state index contributed by atoms with van der Waals surface area (Å²) in [6, 6.07) is 4.52. The Bertz CT molecular complexity index is 456. The second-order valence-corrected chi connectivity index (χ2v) is 4.97. The normalized spacial score (nSPS) is 18.3. The van der Waals surface area contributed by atoms with Crippen LogP contribution < -0.4 is 5.32 Å². The van der Waals surface area contributed by atoms with Crippen molar-refractivity contribution in [3.05, 3.63) is 34.6 Å². The molecule has 0 aliphatic carbocycles. The molecular formula is C13H17Cl2FN2O. The summed E-state index contributed by atoms with van der Waals surface area (Å²) < 4.78 is 13.8. The Kier molecular flexibility index (Phi) is 6.04. The Morgan fingerprint density at radius 1 is 1.58 bits per heavy atom. The van der Waals surface area contributed by atoms with Crippen LogP contribution in [-0.2, 0) is 0 Å². The number of nitrogens with zero attached hydrogens (tertiary/aromatic N) is 1. The fraction of sp³-hybridized carbons (Fsp3) is 0.462. The Morgan fingerprint density at radius 2 is 2.32 bits per heavy atom. The van der Waals surface area contributed by atoms with E-state index in [0.29, 0.717) is 19.0 Å². The minimum absolute atomic E-state index is 0. The molecule has 3 nitrogen and oxygen atoms in total. The van der Waals surface area contributed by atoms with Crippen molar-refractivity contribution in [2.24, 2.45) is 5.92 Å². The van der Waals surface area contributed by atoms with E-state index < -0.39 is 5.82 Å². The lowest BCUT2D eigenvalue weighted by atomic mass is 10.1. The van der Waals surface area contributed by atoms with Crippen LogP contribution in [0, 0.1) is 11.7 Å². The van der Waals surface area contributed by atoms with E-state index >= 15 is 0 Å². The number of hydrogen-bond donors (Lipinski definition) is 1. The van der Waals surface area contributed by atoms with E-state index in [-0.39, 0.29) is 28.9 Å². The van der Waals surface area contributed by atoms with Gasteiger partial charge in [0.15, 0.2) is 5.82 Å². The number of likely N-dealkylation sites (tertiary alicyclic amines) is 1. The van der Waals surface area contributed by atoms with Gasteiger partial charge in [0.25, 0.3) is 5.91 Å². The third-order valence-electron chi connectivity index (χ3n) is 3.25. The van der Waals surface area contributed by atoms with E-state index in [4.69, 9.17) is 11.6 Å². The molecule has 1 aliphatic rings. The number of amides is 1. The Morgan fingerprint density at radius 3 is 3.00 bits per heavy atom. The van der Waals surface area contributed by atoms with Crippen molar-refractivity contribution < 1.29 is 9.18 Å². The molecule has 1 N–H and O–H groups in total. The highest BCUT2D eigenvalue weighted by Gasteiger charge is 2.28. The fourth-order valence-corrected chi connectivity index (χ4v) is 2.49. The molecule has 0 radical (unpaired) electrons. The van der Waals surface area contributed by atoms with Gasteiger partial charge in [-0.3, -0.25) is 4.79 Å². The van der Waals surface area contributed by atoms with Crippen molar-refractivity contribution in [3.63, 3.8) is 0 Å².